The molecule has 1 aromatic carbocycles. The third-order valence-corrected chi connectivity index (χ3v) is 6.57. The van der Waals surface area contributed by atoms with E-state index >= 15 is 0 Å². The molecule has 0 bridgehead atoms. The largest absolute Gasteiger partial charge is 0.312 e. The zero-order valence-corrected chi connectivity index (χ0v) is 17.7. The smallest absolute Gasteiger partial charge is 0.226 e. The van der Waals surface area contributed by atoms with Crippen LogP contribution in [-0.4, -0.2) is 37.6 Å². The zero-order chi connectivity index (χ0) is 20.5. The van der Waals surface area contributed by atoms with Crippen LogP contribution >= 0.6 is 11.6 Å². The van der Waals surface area contributed by atoms with Gasteiger partial charge in [0.25, 0.3) is 0 Å². The predicted octanol–water partition coefficient (Wildman–Crippen LogP) is 5.02. The second kappa shape index (κ2) is 8.47. The Kier molecular flexibility index (Phi) is 5.56. The topological polar surface area (TPSA) is 58.9 Å². The standard InChI is InChI=1S/C22H26ClFN6/c23-22-26-20(19-21(27-22)30(14-25-19)18-6-1-2-7-18)28-29-10-8-15(9-11-29)12-16-4-3-5-17(24)13-16/h3-5,13-15,18H,1-2,6-12H2,(H,26,27,28). The van der Waals surface area contributed by atoms with E-state index < -0.39 is 0 Å². The molecule has 2 fully saturated rings. The normalized spacial score (nSPS) is 19.0. The summed E-state index contributed by atoms with van der Waals surface area (Å²) >= 11 is 6.25. The number of imidazole rings is 1. The Labute approximate surface area is 180 Å². The van der Waals surface area contributed by atoms with Gasteiger partial charge < -0.3 is 9.99 Å². The van der Waals surface area contributed by atoms with E-state index in [2.05, 4.69) is 30.0 Å². The molecule has 0 unspecified atom stereocenters. The number of benzene rings is 1. The molecule has 1 N–H and O–H groups in total. The van der Waals surface area contributed by atoms with E-state index in [0.717, 1.165) is 61.9 Å². The average Bonchev–Trinajstić information content (AvgIpc) is 3.39. The van der Waals surface area contributed by atoms with E-state index in [1.54, 1.807) is 12.1 Å². The van der Waals surface area contributed by atoms with Crippen molar-refractivity contribution in [3.8, 4) is 0 Å². The summed E-state index contributed by atoms with van der Waals surface area (Å²) in [4.78, 5) is 13.5. The SMILES string of the molecule is Fc1cccc(CC2CCN(Nc3nc(Cl)nc4c3ncn4C3CCCC3)CC2)c1. The molecule has 0 atom stereocenters. The number of aromatic nitrogens is 4. The molecule has 0 spiro atoms. The number of piperidine rings is 1. The van der Waals surface area contributed by atoms with Gasteiger partial charge in [0.05, 0.1) is 6.33 Å². The first kappa shape index (κ1) is 19.7. The molecule has 158 valence electrons. The summed E-state index contributed by atoms with van der Waals surface area (Å²) in [6, 6.07) is 7.39. The second-order valence-electron chi connectivity index (χ2n) is 8.48. The molecule has 3 aromatic rings. The maximum atomic E-state index is 13.4. The summed E-state index contributed by atoms with van der Waals surface area (Å²) in [6.07, 6.45) is 9.70. The van der Waals surface area contributed by atoms with Crippen molar-refractivity contribution in [3.63, 3.8) is 0 Å². The Balaban J connectivity index is 1.26. The lowest BCUT2D eigenvalue weighted by molar-refractivity contribution is 0.216. The van der Waals surface area contributed by atoms with Crippen LogP contribution in [0.2, 0.25) is 5.28 Å². The van der Waals surface area contributed by atoms with Crippen molar-refractivity contribution in [1.29, 1.82) is 0 Å². The van der Waals surface area contributed by atoms with Gasteiger partial charge in [-0.05, 0) is 67.3 Å². The lowest BCUT2D eigenvalue weighted by Gasteiger charge is -2.32. The van der Waals surface area contributed by atoms with Gasteiger partial charge in [-0.15, -0.1) is 0 Å². The van der Waals surface area contributed by atoms with Crippen LogP contribution in [-0.2, 0) is 6.42 Å². The van der Waals surface area contributed by atoms with Gasteiger partial charge in [0.15, 0.2) is 17.0 Å². The number of nitrogens with one attached hydrogen (secondary N) is 1. The van der Waals surface area contributed by atoms with Gasteiger partial charge in [0, 0.05) is 19.1 Å². The highest BCUT2D eigenvalue weighted by atomic mass is 35.5. The predicted molar refractivity (Wildman–Crippen MR) is 116 cm³/mol. The van der Waals surface area contributed by atoms with Gasteiger partial charge in [-0.2, -0.15) is 9.97 Å². The Morgan fingerprint density at radius 1 is 1.10 bits per heavy atom. The Morgan fingerprint density at radius 2 is 1.90 bits per heavy atom. The molecular weight excluding hydrogens is 403 g/mol. The molecule has 6 nitrogen and oxygen atoms in total. The van der Waals surface area contributed by atoms with Crippen molar-refractivity contribution in [2.75, 3.05) is 18.5 Å². The van der Waals surface area contributed by atoms with Crippen LogP contribution in [0.1, 0.15) is 50.1 Å². The van der Waals surface area contributed by atoms with E-state index in [1.807, 2.05) is 12.4 Å². The molecule has 0 radical (unpaired) electrons. The summed E-state index contributed by atoms with van der Waals surface area (Å²) in [6.45, 7) is 1.79. The van der Waals surface area contributed by atoms with Crippen LogP contribution in [0.3, 0.4) is 0 Å². The highest BCUT2D eigenvalue weighted by molar-refractivity contribution is 6.28. The first-order valence-corrected chi connectivity index (χ1v) is 11.2. The molecule has 30 heavy (non-hydrogen) atoms. The number of anilines is 1. The van der Waals surface area contributed by atoms with Gasteiger partial charge in [0.2, 0.25) is 5.28 Å². The van der Waals surface area contributed by atoms with Crippen LogP contribution in [0.4, 0.5) is 10.2 Å². The summed E-state index contributed by atoms with van der Waals surface area (Å²) in [5, 5.41) is 2.42. The number of hydrogen-bond acceptors (Lipinski definition) is 5. The molecule has 1 aliphatic heterocycles. The van der Waals surface area contributed by atoms with Crippen LogP contribution in [0.5, 0.6) is 0 Å². The summed E-state index contributed by atoms with van der Waals surface area (Å²) in [5.74, 6) is 1.07. The molecule has 8 heteroatoms. The molecule has 2 aromatic heterocycles. The minimum atomic E-state index is -0.159. The third kappa shape index (κ3) is 4.14. The fourth-order valence-electron chi connectivity index (χ4n) is 4.81. The summed E-state index contributed by atoms with van der Waals surface area (Å²) in [5.41, 5.74) is 6.08. The van der Waals surface area contributed by atoms with Gasteiger partial charge in [-0.25, -0.2) is 14.4 Å². The van der Waals surface area contributed by atoms with Gasteiger partial charge in [-0.3, -0.25) is 0 Å². The van der Waals surface area contributed by atoms with Gasteiger partial charge in [0.1, 0.15) is 5.82 Å². The highest BCUT2D eigenvalue weighted by Gasteiger charge is 2.24. The summed E-state index contributed by atoms with van der Waals surface area (Å²) < 4.78 is 15.6. The second-order valence-corrected chi connectivity index (χ2v) is 8.82. The number of halogens is 2. The van der Waals surface area contributed by atoms with Crippen LogP contribution < -0.4 is 5.43 Å². The van der Waals surface area contributed by atoms with Crippen molar-refractivity contribution in [2.24, 2.45) is 5.92 Å². The van der Waals surface area contributed by atoms with E-state index in [-0.39, 0.29) is 11.1 Å². The van der Waals surface area contributed by atoms with Gasteiger partial charge in [-0.1, -0.05) is 25.0 Å². The Morgan fingerprint density at radius 3 is 2.67 bits per heavy atom. The lowest BCUT2D eigenvalue weighted by Crippen LogP contribution is -2.38. The summed E-state index contributed by atoms with van der Waals surface area (Å²) in [7, 11) is 0. The first-order chi connectivity index (χ1) is 14.7. The Hall–Kier alpha value is -2.25. The minimum Gasteiger partial charge on any atom is -0.312 e. The van der Waals surface area contributed by atoms with E-state index in [9.17, 15) is 4.39 Å². The highest BCUT2D eigenvalue weighted by Crippen LogP contribution is 2.33. The van der Waals surface area contributed by atoms with Gasteiger partial charge >= 0.3 is 0 Å². The van der Waals surface area contributed by atoms with Crippen LogP contribution in [0, 0.1) is 11.7 Å². The first-order valence-electron chi connectivity index (χ1n) is 10.8. The number of hydrogen-bond donors (Lipinski definition) is 1. The maximum absolute atomic E-state index is 13.4. The molecule has 2 aliphatic rings. The van der Waals surface area contributed by atoms with Crippen molar-refractivity contribution in [1.82, 2.24) is 24.5 Å². The fourth-order valence-corrected chi connectivity index (χ4v) is 4.98. The van der Waals surface area contributed by atoms with E-state index in [1.165, 1.54) is 18.9 Å². The van der Waals surface area contributed by atoms with E-state index in [0.29, 0.717) is 17.8 Å². The quantitative estimate of drug-likeness (QED) is 0.578. The minimum absolute atomic E-state index is 0.159. The monoisotopic (exact) mass is 428 g/mol. The van der Waals surface area contributed by atoms with Crippen LogP contribution in [0.25, 0.3) is 11.2 Å². The number of fused-ring (bicyclic) bond motifs is 1. The van der Waals surface area contributed by atoms with E-state index in [4.69, 9.17) is 11.6 Å². The molecule has 1 saturated carbocycles. The maximum Gasteiger partial charge on any atom is 0.226 e. The van der Waals surface area contributed by atoms with Crippen molar-refractivity contribution >= 4 is 28.6 Å². The fraction of sp³-hybridized carbons (Fsp3) is 0.500. The molecular formula is C22H26ClFN6. The Bertz CT molecular complexity index is 1020. The number of hydrazine groups is 1. The number of rotatable bonds is 5. The van der Waals surface area contributed by atoms with Crippen LogP contribution in [0.15, 0.2) is 30.6 Å². The molecule has 0 amide bonds. The molecule has 1 aliphatic carbocycles. The molecule has 3 heterocycles. The lowest BCUT2D eigenvalue weighted by atomic mass is 9.91. The van der Waals surface area contributed by atoms with Crippen molar-refractivity contribution in [3.05, 3.63) is 47.3 Å². The number of nitrogens with zero attached hydrogens (tertiary/aromatic N) is 5. The molecule has 1 saturated heterocycles. The average molecular weight is 429 g/mol. The van der Waals surface area contributed by atoms with Crippen molar-refractivity contribution in [2.45, 2.75) is 51.0 Å². The van der Waals surface area contributed by atoms with Crippen molar-refractivity contribution < 1.29 is 4.39 Å². The third-order valence-electron chi connectivity index (χ3n) is 6.40. The zero-order valence-electron chi connectivity index (χ0n) is 16.9. The molecule has 5 rings (SSSR count).